The van der Waals surface area contributed by atoms with Crippen molar-refractivity contribution < 1.29 is 4.79 Å². The predicted octanol–water partition coefficient (Wildman–Crippen LogP) is 7.66. The van der Waals surface area contributed by atoms with Gasteiger partial charge in [-0.1, -0.05) is 70.0 Å². The van der Waals surface area contributed by atoms with Crippen molar-refractivity contribution >= 4 is 56.0 Å². The predicted molar refractivity (Wildman–Crippen MR) is 145 cm³/mol. The molecule has 0 fully saturated rings. The molecule has 0 aliphatic carbocycles. The van der Waals surface area contributed by atoms with Gasteiger partial charge in [0.25, 0.3) is 0 Å². The number of aromatic nitrogens is 3. The fourth-order valence-electron chi connectivity index (χ4n) is 3.54. The third-order valence-corrected chi connectivity index (χ3v) is 6.95. The highest BCUT2D eigenvalue weighted by Gasteiger charge is 2.17. The van der Waals surface area contributed by atoms with E-state index in [-0.39, 0.29) is 11.5 Å². The standard InChI is InChI=1S/C26H17BrClN5O2S/c1-15-23(25(35)33(32-15)26-29-22(14-36-26)16-7-9-18(27)10-8-16)31-30-21-12-11-19(28)13-20(21)24(34)17-5-3-2-4-6-17/h2-14,32H,1H3. The zero-order valence-electron chi connectivity index (χ0n) is 18.8. The summed E-state index contributed by atoms with van der Waals surface area (Å²) in [5.74, 6) is -0.237. The van der Waals surface area contributed by atoms with Crippen LogP contribution < -0.4 is 5.56 Å². The number of hydrogen-bond acceptors (Lipinski definition) is 6. The largest absolute Gasteiger partial charge is 0.301 e. The lowest BCUT2D eigenvalue weighted by atomic mass is 10.0. The van der Waals surface area contributed by atoms with Gasteiger partial charge in [-0.15, -0.1) is 21.6 Å². The molecule has 0 radical (unpaired) electrons. The highest BCUT2D eigenvalue weighted by molar-refractivity contribution is 9.10. The number of hydrogen-bond donors (Lipinski definition) is 1. The average molecular weight is 579 g/mol. The lowest BCUT2D eigenvalue weighted by Crippen LogP contribution is -2.13. The van der Waals surface area contributed by atoms with Crippen LogP contribution in [0.15, 0.2) is 97.7 Å². The summed E-state index contributed by atoms with van der Waals surface area (Å²) in [6.07, 6.45) is 0. The summed E-state index contributed by atoms with van der Waals surface area (Å²) in [4.78, 5) is 30.8. The second-order valence-corrected chi connectivity index (χ2v) is 9.99. The fourth-order valence-corrected chi connectivity index (χ4v) is 4.76. The number of nitrogens with one attached hydrogen (secondary N) is 1. The molecule has 2 aromatic heterocycles. The first kappa shape index (κ1) is 24.1. The Hall–Kier alpha value is -3.66. The SMILES string of the molecule is Cc1[nH]n(-c2nc(-c3ccc(Br)cc3)cs2)c(=O)c1N=Nc1ccc(Cl)cc1C(=O)c1ccccc1. The van der Waals surface area contributed by atoms with E-state index >= 15 is 0 Å². The van der Waals surface area contributed by atoms with Crippen LogP contribution in [0.3, 0.4) is 0 Å². The zero-order valence-corrected chi connectivity index (χ0v) is 21.9. The molecular formula is C26H17BrClN5O2S. The van der Waals surface area contributed by atoms with Gasteiger partial charge in [-0.25, -0.2) is 4.98 Å². The van der Waals surface area contributed by atoms with Crippen molar-refractivity contribution in [3.05, 3.63) is 115 Å². The number of rotatable bonds is 6. The summed E-state index contributed by atoms with van der Waals surface area (Å²) in [6.45, 7) is 1.73. The monoisotopic (exact) mass is 577 g/mol. The molecule has 0 spiro atoms. The molecule has 0 aliphatic rings. The second kappa shape index (κ2) is 10.1. The van der Waals surface area contributed by atoms with E-state index < -0.39 is 5.56 Å². The van der Waals surface area contributed by atoms with Crippen molar-refractivity contribution in [1.29, 1.82) is 0 Å². The molecule has 0 atom stereocenters. The van der Waals surface area contributed by atoms with Crippen molar-refractivity contribution in [2.75, 3.05) is 0 Å². The molecule has 7 nitrogen and oxygen atoms in total. The maximum Gasteiger partial charge on any atom is 0.301 e. The molecule has 36 heavy (non-hydrogen) atoms. The topological polar surface area (TPSA) is 92.5 Å². The number of halogens is 2. The first-order valence-electron chi connectivity index (χ1n) is 10.8. The average Bonchev–Trinajstić information content (AvgIpc) is 3.48. The molecule has 5 rings (SSSR count). The van der Waals surface area contributed by atoms with E-state index in [1.54, 1.807) is 49.4 Å². The number of aromatic amines is 1. The number of carbonyl (C=O) groups excluding carboxylic acids is 1. The maximum atomic E-state index is 13.1. The number of thiazole rings is 1. The van der Waals surface area contributed by atoms with Crippen LogP contribution in [0.1, 0.15) is 21.6 Å². The lowest BCUT2D eigenvalue weighted by Gasteiger charge is -2.05. The minimum Gasteiger partial charge on any atom is -0.291 e. The van der Waals surface area contributed by atoms with E-state index in [0.717, 1.165) is 15.7 Å². The van der Waals surface area contributed by atoms with Gasteiger partial charge in [0, 0.05) is 26.0 Å². The van der Waals surface area contributed by atoms with Crippen LogP contribution in [-0.4, -0.2) is 20.5 Å². The molecule has 0 unspecified atom stereocenters. The van der Waals surface area contributed by atoms with Crippen LogP contribution in [0.4, 0.5) is 11.4 Å². The third kappa shape index (κ3) is 4.86. The van der Waals surface area contributed by atoms with Gasteiger partial charge >= 0.3 is 5.56 Å². The van der Waals surface area contributed by atoms with Crippen LogP contribution in [0.5, 0.6) is 0 Å². The van der Waals surface area contributed by atoms with Crippen LogP contribution in [0.2, 0.25) is 5.02 Å². The molecule has 0 bridgehead atoms. The number of ketones is 1. The molecule has 2 heterocycles. The zero-order chi connectivity index (χ0) is 25.2. The Bertz CT molecular complexity index is 1660. The van der Waals surface area contributed by atoms with Crippen molar-refractivity contribution in [3.63, 3.8) is 0 Å². The Balaban J connectivity index is 1.47. The van der Waals surface area contributed by atoms with Crippen LogP contribution >= 0.6 is 38.9 Å². The van der Waals surface area contributed by atoms with E-state index in [1.165, 1.54) is 16.0 Å². The number of H-pyrrole nitrogens is 1. The molecule has 1 N–H and O–H groups in total. The second-order valence-electron chi connectivity index (χ2n) is 7.80. The highest BCUT2D eigenvalue weighted by atomic mass is 79.9. The normalized spacial score (nSPS) is 11.3. The number of azo groups is 1. The van der Waals surface area contributed by atoms with E-state index in [2.05, 4.69) is 36.2 Å². The quantitative estimate of drug-likeness (QED) is 0.166. The van der Waals surface area contributed by atoms with E-state index in [9.17, 15) is 9.59 Å². The highest BCUT2D eigenvalue weighted by Crippen LogP contribution is 2.29. The fraction of sp³-hybridized carbons (Fsp3) is 0.0385. The Morgan fingerprint density at radius 2 is 1.81 bits per heavy atom. The molecule has 3 aromatic carbocycles. The van der Waals surface area contributed by atoms with E-state index in [1.807, 2.05) is 35.7 Å². The summed E-state index contributed by atoms with van der Waals surface area (Å²) in [5.41, 5.74) is 3.07. The molecule has 0 amide bonds. The van der Waals surface area contributed by atoms with Gasteiger partial charge in [0.15, 0.2) is 11.5 Å². The van der Waals surface area contributed by atoms with Crippen molar-refractivity contribution in [3.8, 4) is 16.4 Å². The number of nitrogens with zero attached hydrogens (tertiary/aromatic N) is 4. The van der Waals surface area contributed by atoms with Crippen molar-refractivity contribution in [2.24, 2.45) is 10.2 Å². The summed E-state index contributed by atoms with van der Waals surface area (Å²) in [5, 5.41) is 14.2. The molecule has 0 aliphatic heterocycles. The minimum absolute atomic E-state index is 0.128. The smallest absolute Gasteiger partial charge is 0.291 e. The summed E-state index contributed by atoms with van der Waals surface area (Å²) < 4.78 is 2.32. The molecular weight excluding hydrogens is 562 g/mol. The van der Waals surface area contributed by atoms with Crippen molar-refractivity contribution in [2.45, 2.75) is 6.92 Å². The van der Waals surface area contributed by atoms with Crippen LogP contribution in [-0.2, 0) is 0 Å². The Kier molecular flexibility index (Phi) is 6.77. The minimum atomic E-state index is -0.391. The summed E-state index contributed by atoms with van der Waals surface area (Å²) in [6, 6.07) is 21.4. The number of benzene rings is 3. The molecule has 10 heteroatoms. The summed E-state index contributed by atoms with van der Waals surface area (Å²) >= 11 is 10.9. The van der Waals surface area contributed by atoms with Gasteiger partial charge in [0.1, 0.15) is 0 Å². The van der Waals surface area contributed by atoms with Crippen molar-refractivity contribution in [1.82, 2.24) is 14.8 Å². The maximum absolute atomic E-state index is 13.1. The first-order chi connectivity index (χ1) is 17.4. The van der Waals surface area contributed by atoms with Crippen LogP contribution in [0, 0.1) is 6.92 Å². The van der Waals surface area contributed by atoms with E-state index in [0.29, 0.717) is 32.7 Å². The number of aryl methyl sites for hydroxylation is 1. The molecule has 0 saturated heterocycles. The molecule has 0 saturated carbocycles. The van der Waals surface area contributed by atoms with Gasteiger partial charge in [0.2, 0.25) is 5.13 Å². The van der Waals surface area contributed by atoms with E-state index in [4.69, 9.17) is 11.6 Å². The Morgan fingerprint density at radius 3 is 2.56 bits per heavy atom. The first-order valence-corrected chi connectivity index (χ1v) is 12.8. The Morgan fingerprint density at radius 1 is 1.06 bits per heavy atom. The van der Waals surface area contributed by atoms with Gasteiger partial charge in [-0.3, -0.25) is 14.7 Å². The molecule has 178 valence electrons. The van der Waals surface area contributed by atoms with Gasteiger partial charge in [0.05, 0.1) is 22.6 Å². The van der Waals surface area contributed by atoms with Gasteiger partial charge in [-0.2, -0.15) is 4.68 Å². The van der Waals surface area contributed by atoms with Crippen LogP contribution in [0.25, 0.3) is 16.4 Å². The third-order valence-electron chi connectivity index (χ3n) is 5.36. The van der Waals surface area contributed by atoms with Gasteiger partial charge < -0.3 is 0 Å². The summed E-state index contributed by atoms with van der Waals surface area (Å²) in [7, 11) is 0. The Labute approximate surface area is 223 Å². The lowest BCUT2D eigenvalue weighted by molar-refractivity contribution is 0.103. The van der Waals surface area contributed by atoms with Gasteiger partial charge in [-0.05, 0) is 37.3 Å². The molecule has 5 aromatic rings. The number of carbonyl (C=O) groups is 1.